The molecule has 2 fully saturated rings. The molecular formula is C13H15NO2. The Morgan fingerprint density at radius 3 is 3.00 bits per heavy atom. The quantitative estimate of drug-likeness (QED) is 0.713. The first-order chi connectivity index (χ1) is 7.49. The van der Waals surface area contributed by atoms with Crippen LogP contribution in [0.5, 0.6) is 0 Å². The van der Waals surface area contributed by atoms with Crippen LogP contribution in [0.15, 0.2) is 11.3 Å². The molecule has 0 aromatic heterocycles. The van der Waals surface area contributed by atoms with E-state index in [-0.39, 0.29) is 11.4 Å². The zero-order chi connectivity index (χ0) is 11.6. The molecular weight excluding hydrogens is 202 g/mol. The van der Waals surface area contributed by atoms with Gasteiger partial charge in [0.15, 0.2) is 0 Å². The molecule has 0 spiro atoms. The third-order valence-corrected chi connectivity index (χ3v) is 4.45. The molecule has 4 aliphatic rings. The van der Waals surface area contributed by atoms with Crippen molar-refractivity contribution in [1.82, 2.24) is 0 Å². The van der Waals surface area contributed by atoms with E-state index in [0.29, 0.717) is 12.3 Å². The number of ether oxygens (including phenoxy) is 1. The molecule has 3 unspecified atom stereocenters. The Kier molecular flexibility index (Phi) is 1.66. The third kappa shape index (κ3) is 1.000. The number of allylic oxidation sites excluding steroid dienone is 2. The van der Waals surface area contributed by atoms with Gasteiger partial charge in [-0.25, -0.2) is 0 Å². The standard InChI is InChI=1S/C13H15NO2/c1-8(15)3-10-11-4-9-5-13(10,7-14)6-12(9,2)16-11/h9H,3-6H2,1-2H3. The highest BCUT2D eigenvalue weighted by Crippen LogP contribution is 2.65. The second-order valence-corrected chi connectivity index (χ2v) is 5.67. The van der Waals surface area contributed by atoms with E-state index < -0.39 is 5.41 Å². The minimum absolute atomic E-state index is 0.125. The lowest BCUT2D eigenvalue weighted by atomic mass is 9.72. The average molecular weight is 217 g/mol. The number of rotatable bonds is 2. The normalized spacial score (nSPS) is 43.4. The molecule has 3 heteroatoms. The van der Waals surface area contributed by atoms with Gasteiger partial charge in [-0.3, -0.25) is 4.79 Å². The number of nitriles is 1. The molecule has 84 valence electrons. The van der Waals surface area contributed by atoms with E-state index in [1.807, 2.05) is 0 Å². The van der Waals surface area contributed by atoms with Crippen LogP contribution in [0.3, 0.4) is 0 Å². The molecule has 1 saturated heterocycles. The van der Waals surface area contributed by atoms with Gasteiger partial charge in [-0.15, -0.1) is 0 Å². The lowest BCUT2D eigenvalue weighted by molar-refractivity contribution is -0.116. The molecule has 1 saturated carbocycles. The summed E-state index contributed by atoms with van der Waals surface area (Å²) in [5.41, 5.74) is 0.455. The minimum Gasteiger partial charge on any atom is -0.492 e. The van der Waals surface area contributed by atoms with Gasteiger partial charge < -0.3 is 4.74 Å². The zero-order valence-corrected chi connectivity index (χ0v) is 9.67. The van der Waals surface area contributed by atoms with Gasteiger partial charge in [-0.1, -0.05) is 0 Å². The Balaban J connectivity index is 2.10. The van der Waals surface area contributed by atoms with Crippen LogP contribution in [-0.4, -0.2) is 11.4 Å². The predicted molar refractivity (Wildman–Crippen MR) is 57.2 cm³/mol. The lowest BCUT2D eigenvalue weighted by Crippen LogP contribution is -2.32. The Morgan fingerprint density at radius 2 is 2.44 bits per heavy atom. The zero-order valence-electron chi connectivity index (χ0n) is 9.67. The molecule has 2 aliphatic heterocycles. The molecule has 0 aromatic rings. The van der Waals surface area contributed by atoms with E-state index >= 15 is 0 Å². The van der Waals surface area contributed by atoms with Crippen LogP contribution in [-0.2, 0) is 9.53 Å². The summed E-state index contributed by atoms with van der Waals surface area (Å²) in [4.78, 5) is 11.3. The summed E-state index contributed by atoms with van der Waals surface area (Å²) in [5, 5.41) is 9.45. The van der Waals surface area contributed by atoms with E-state index in [9.17, 15) is 10.1 Å². The smallest absolute Gasteiger partial charge is 0.134 e. The summed E-state index contributed by atoms with van der Waals surface area (Å²) >= 11 is 0. The topological polar surface area (TPSA) is 50.1 Å². The maximum atomic E-state index is 11.3. The summed E-state index contributed by atoms with van der Waals surface area (Å²) in [7, 11) is 0. The maximum absolute atomic E-state index is 11.3. The van der Waals surface area contributed by atoms with Crippen molar-refractivity contribution in [2.24, 2.45) is 11.3 Å². The average Bonchev–Trinajstić information content (AvgIpc) is 2.57. The molecule has 4 rings (SSSR count). The van der Waals surface area contributed by atoms with Gasteiger partial charge in [-0.05, 0) is 25.8 Å². The molecule has 0 N–H and O–H groups in total. The number of hydrogen-bond donors (Lipinski definition) is 0. The molecule has 3 atom stereocenters. The molecule has 2 aliphatic carbocycles. The Bertz CT molecular complexity index is 459. The monoisotopic (exact) mass is 217 g/mol. The molecule has 0 aromatic carbocycles. The van der Waals surface area contributed by atoms with Crippen molar-refractivity contribution in [3.05, 3.63) is 11.3 Å². The van der Waals surface area contributed by atoms with Crippen molar-refractivity contribution < 1.29 is 9.53 Å². The summed E-state index contributed by atoms with van der Waals surface area (Å²) < 4.78 is 5.96. The summed E-state index contributed by atoms with van der Waals surface area (Å²) in [6, 6.07) is 2.46. The highest BCUT2D eigenvalue weighted by atomic mass is 16.5. The molecule has 0 amide bonds. The summed E-state index contributed by atoms with van der Waals surface area (Å²) in [6.07, 6.45) is 2.98. The minimum atomic E-state index is -0.392. The van der Waals surface area contributed by atoms with E-state index in [0.717, 1.165) is 30.6 Å². The van der Waals surface area contributed by atoms with Crippen molar-refractivity contribution in [3.63, 3.8) is 0 Å². The predicted octanol–water partition coefficient (Wildman–Crippen LogP) is 2.33. The fourth-order valence-electron chi connectivity index (χ4n) is 3.76. The van der Waals surface area contributed by atoms with E-state index in [1.54, 1.807) is 6.92 Å². The van der Waals surface area contributed by atoms with Crippen molar-refractivity contribution >= 4 is 5.78 Å². The number of ketones is 1. The number of Topliss-reactive ketones (excluding diaryl/α,β-unsaturated/α-hetero) is 1. The fraction of sp³-hybridized carbons (Fsp3) is 0.692. The number of carbonyl (C=O) groups is 1. The van der Waals surface area contributed by atoms with Crippen LogP contribution in [0.4, 0.5) is 0 Å². The SMILES string of the molecule is CC(=O)CC1=C2CC3CC1(C#N)CC3(C)O2. The van der Waals surface area contributed by atoms with Crippen molar-refractivity contribution in [3.8, 4) is 6.07 Å². The van der Waals surface area contributed by atoms with E-state index in [4.69, 9.17) is 4.74 Å². The van der Waals surface area contributed by atoms with Gasteiger partial charge in [0, 0.05) is 25.2 Å². The Labute approximate surface area is 95.1 Å². The second-order valence-electron chi connectivity index (χ2n) is 5.67. The molecule has 4 bridgehead atoms. The van der Waals surface area contributed by atoms with Crippen LogP contribution < -0.4 is 0 Å². The first kappa shape index (κ1) is 9.89. The first-order valence-electron chi connectivity index (χ1n) is 5.81. The van der Waals surface area contributed by atoms with Gasteiger partial charge in [-0.2, -0.15) is 5.26 Å². The fourth-order valence-corrected chi connectivity index (χ4v) is 3.76. The second kappa shape index (κ2) is 2.68. The van der Waals surface area contributed by atoms with E-state index in [2.05, 4.69) is 13.0 Å². The highest BCUT2D eigenvalue weighted by molar-refractivity contribution is 5.79. The van der Waals surface area contributed by atoms with Crippen molar-refractivity contribution in [2.45, 2.75) is 45.1 Å². The van der Waals surface area contributed by atoms with Gasteiger partial charge in [0.2, 0.25) is 0 Å². The number of hydrogen-bond acceptors (Lipinski definition) is 3. The summed E-state index contributed by atoms with van der Waals surface area (Å²) in [5.74, 6) is 1.55. The maximum Gasteiger partial charge on any atom is 0.134 e. The molecule has 2 heterocycles. The number of nitrogens with zero attached hydrogens (tertiary/aromatic N) is 1. The van der Waals surface area contributed by atoms with Gasteiger partial charge in [0.1, 0.15) is 11.4 Å². The largest absolute Gasteiger partial charge is 0.492 e. The third-order valence-electron chi connectivity index (χ3n) is 4.45. The van der Waals surface area contributed by atoms with Crippen LogP contribution in [0.25, 0.3) is 0 Å². The number of carbonyl (C=O) groups excluding carboxylic acids is 1. The lowest BCUT2D eigenvalue weighted by Gasteiger charge is -2.34. The van der Waals surface area contributed by atoms with Crippen LogP contribution in [0.1, 0.15) is 39.5 Å². The molecule has 3 nitrogen and oxygen atoms in total. The van der Waals surface area contributed by atoms with Crippen molar-refractivity contribution in [2.75, 3.05) is 0 Å². The van der Waals surface area contributed by atoms with Crippen LogP contribution >= 0.6 is 0 Å². The van der Waals surface area contributed by atoms with E-state index in [1.165, 1.54) is 0 Å². The summed E-state index contributed by atoms with van der Waals surface area (Å²) in [6.45, 7) is 3.69. The van der Waals surface area contributed by atoms with Gasteiger partial charge in [0.25, 0.3) is 0 Å². The highest BCUT2D eigenvalue weighted by Gasteiger charge is 2.64. The van der Waals surface area contributed by atoms with Gasteiger partial charge >= 0.3 is 0 Å². The molecule has 16 heavy (non-hydrogen) atoms. The Morgan fingerprint density at radius 1 is 1.69 bits per heavy atom. The van der Waals surface area contributed by atoms with Crippen molar-refractivity contribution in [1.29, 1.82) is 5.26 Å². The van der Waals surface area contributed by atoms with Crippen LogP contribution in [0, 0.1) is 22.7 Å². The first-order valence-corrected chi connectivity index (χ1v) is 5.81. The van der Waals surface area contributed by atoms with Gasteiger partial charge in [0.05, 0.1) is 17.2 Å². The molecule has 0 radical (unpaired) electrons. The van der Waals surface area contributed by atoms with Crippen LogP contribution in [0.2, 0.25) is 0 Å². The Hall–Kier alpha value is -1.30.